The van der Waals surface area contributed by atoms with Crippen LogP contribution in [0.4, 0.5) is 13.2 Å². The number of carboxylic acid groups (broad SMARTS) is 1. The van der Waals surface area contributed by atoms with Crippen molar-refractivity contribution in [3.8, 4) is 23.3 Å². The Balaban J connectivity index is 1.49. The van der Waals surface area contributed by atoms with Gasteiger partial charge in [0.2, 0.25) is 0 Å². The van der Waals surface area contributed by atoms with Crippen LogP contribution >= 0.6 is 0 Å². The van der Waals surface area contributed by atoms with Crippen LogP contribution in [0.1, 0.15) is 37.8 Å². The van der Waals surface area contributed by atoms with E-state index in [4.69, 9.17) is 4.74 Å². The van der Waals surface area contributed by atoms with Crippen molar-refractivity contribution in [1.82, 2.24) is 4.57 Å². The SMILES string of the molecule is CCC(C(=O)O)n1ccc2cc(OCCCC#Cc3ccc(OC(F)(F)F)cc3)ccc21. The highest BCUT2D eigenvalue weighted by molar-refractivity contribution is 5.84. The van der Waals surface area contributed by atoms with Crippen LogP contribution in [0.15, 0.2) is 54.7 Å². The van der Waals surface area contributed by atoms with E-state index < -0.39 is 18.4 Å². The van der Waals surface area contributed by atoms with Crippen LogP contribution in [-0.2, 0) is 4.79 Å². The fourth-order valence-electron chi connectivity index (χ4n) is 3.25. The van der Waals surface area contributed by atoms with E-state index in [2.05, 4.69) is 16.6 Å². The van der Waals surface area contributed by atoms with Crippen molar-refractivity contribution < 1.29 is 32.5 Å². The molecule has 1 unspecified atom stereocenters. The normalized spacial score (nSPS) is 12.1. The van der Waals surface area contributed by atoms with Gasteiger partial charge in [0.15, 0.2) is 0 Å². The number of aromatic nitrogens is 1. The molecule has 0 amide bonds. The van der Waals surface area contributed by atoms with Crippen LogP contribution in [0.2, 0.25) is 0 Å². The molecule has 0 saturated heterocycles. The van der Waals surface area contributed by atoms with Crippen molar-refractivity contribution >= 4 is 16.9 Å². The predicted molar refractivity (Wildman–Crippen MR) is 114 cm³/mol. The summed E-state index contributed by atoms with van der Waals surface area (Å²) >= 11 is 0. The van der Waals surface area contributed by atoms with Crippen LogP contribution < -0.4 is 9.47 Å². The maximum atomic E-state index is 12.2. The van der Waals surface area contributed by atoms with E-state index >= 15 is 0 Å². The fourth-order valence-corrected chi connectivity index (χ4v) is 3.25. The van der Waals surface area contributed by atoms with Crippen LogP contribution in [0, 0.1) is 11.8 Å². The summed E-state index contributed by atoms with van der Waals surface area (Å²) in [6.45, 7) is 2.29. The van der Waals surface area contributed by atoms with Crippen molar-refractivity contribution in [3.05, 3.63) is 60.3 Å². The Labute approximate surface area is 183 Å². The molecule has 168 valence electrons. The molecule has 1 N–H and O–H groups in total. The van der Waals surface area contributed by atoms with Crippen LogP contribution in [-0.4, -0.2) is 28.6 Å². The quantitative estimate of drug-likeness (QED) is 0.352. The molecule has 0 aliphatic rings. The minimum Gasteiger partial charge on any atom is -0.494 e. The number of hydrogen-bond donors (Lipinski definition) is 1. The summed E-state index contributed by atoms with van der Waals surface area (Å²) in [4.78, 5) is 11.4. The maximum absolute atomic E-state index is 12.2. The first kappa shape index (κ1) is 23.1. The number of rotatable bonds is 8. The zero-order valence-electron chi connectivity index (χ0n) is 17.4. The van der Waals surface area contributed by atoms with Gasteiger partial charge >= 0.3 is 12.3 Å². The van der Waals surface area contributed by atoms with Gasteiger partial charge in [-0.1, -0.05) is 18.8 Å². The number of alkyl halides is 3. The van der Waals surface area contributed by atoms with Crippen molar-refractivity contribution in [3.63, 3.8) is 0 Å². The zero-order valence-corrected chi connectivity index (χ0v) is 17.4. The molecule has 0 fully saturated rings. The second-order valence-corrected chi connectivity index (χ2v) is 7.03. The van der Waals surface area contributed by atoms with Crippen molar-refractivity contribution in [2.45, 2.75) is 38.6 Å². The number of fused-ring (bicyclic) bond motifs is 1. The second kappa shape index (κ2) is 10.1. The van der Waals surface area contributed by atoms with Gasteiger partial charge in [-0.3, -0.25) is 0 Å². The average molecular weight is 445 g/mol. The number of carboxylic acids is 1. The summed E-state index contributed by atoms with van der Waals surface area (Å²) in [5.74, 6) is 5.40. The Morgan fingerprint density at radius 3 is 2.50 bits per heavy atom. The Morgan fingerprint density at radius 1 is 1.12 bits per heavy atom. The Morgan fingerprint density at radius 2 is 1.84 bits per heavy atom. The number of halogens is 3. The molecule has 1 atom stereocenters. The third kappa shape index (κ3) is 6.20. The second-order valence-electron chi connectivity index (χ2n) is 7.03. The highest BCUT2D eigenvalue weighted by Crippen LogP contribution is 2.26. The van der Waals surface area contributed by atoms with E-state index in [0.717, 1.165) is 10.9 Å². The standard InChI is InChI=1S/C24H22F3NO4/c1-2-21(23(29)30)28-14-13-18-16-20(11-12-22(18)28)31-15-5-3-4-6-17-7-9-19(10-8-17)32-24(25,26)27/h7-14,16,21H,2-3,5,15H2,1H3,(H,29,30). The van der Waals surface area contributed by atoms with Crippen molar-refractivity contribution in [2.75, 3.05) is 6.61 Å². The van der Waals surface area contributed by atoms with Gasteiger partial charge in [-0.15, -0.1) is 13.2 Å². The summed E-state index contributed by atoms with van der Waals surface area (Å²) in [5, 5.41) is 10.3. The summed E-state index contributed by atoms with van der Waals surface area (Å²) < 4.78 is 47.8. The molecule has 32 heavy (non-hydrogen) atoms. The third-order valence-electron chi connectivity index (χ3n) is 4.73. The Kier molecular flexibility index (Phi) is 7.31. The molecule has 3 rings (SSSR count). The minimum absolute atomic E-state index is 0.281. The molecule has 3 aromatic rings. The Hall–Kier alpha value is -3.60. The summed E-state index contributed by atoms with van der Waals surface area (Å²) in [7, 11) is 0. The summed E-state index contributed by atoms with van der Waals surface area (Å²) in [6.07, 6.45) is -1.20. The van der Waals surface area contributed by atoms with Gasteiger partial charge in [0.1, 0.15) is 17.5 Å². The van der Waals surface area contributed by atoms with E-state index in [1.54, 1.807) is 10.8 Å². The molecule has 0 bridgehead atoms. The summed E-state index contributed by atoms with van der Waals surface area (Å²) in [5.41, 5.74) is 1.44. The van der Waals surface area contributed by atoms with Crippen LogP contribution in [0.25, 0.3) is 10.9 Å². The van der Waals surface area contributed by atoms with Gasteiger partial charge in [0, 0.05) is 29.1 Å². The lowest BCUT2D eigenvalue weighted by atomic mass is 10.2. The predicted octanol–water partition coefficient (Wildman–Crippen LogP) is 5.79. The van der Waals surface area contributed by atoms with E-state index in [1.807, 2.05) is 31.2 Å². The number of aliphatic carboxylic acids is 1. The van der Waals surface area contributed by atoms with Gasteiger partial charge < -0.3 is 19.1 Å². The molecule has 0 aliphatic heterocycles. The minimum atomic E-state index is -4.71. The molecule has 0 saturated carbocycles. The average Bonchev–Trinajstić information content (AvgIpc) is 3.14. The number of hydrogen-bond acceptors (Lipinski definition) is 3. The monoisotopic (exact) mass is 445 g/mol. The largest absolute Gasteiger partial charge is 0.573 e. The molecule has 1 heterocycles. The molecule has 1 aromatic heterocycles. The highest BCUT2D eigenvalue weighted by Gasteiger charge is 2.30. The van der Waals surface area contributed by atoms with Gasteiger partial charge in [0.05, 0.1) is 6.61 Å². The first-order valence-electron chi connectivity index (χ1n) is 10.1. The molecule has 0 aliphatic carbocycles. The number of ether oxygens (including phenoxy) is 2. The van der Waals surface area contributed by atoms with E-state index in [9.17, 15) is 23.1 Å². The lowest BCUT2D eigenvalue weighted by Crippen LogP contribution is -2.17. The van der Waals surface area contributed by atoms with E-state index in [0.29, 0.717) is 37.2 Å². The number of benzene rings is 2. The van der Waals surface area contributed by atoms with E-state index in [1.165, 1.54) is 24.3 Å². The lowest BCUT2D eigenvalue weighted by Gasteiger charge is -2.13. The molecular weight excluding hydrogens is 423 g/mol. The number of nitrogens with zero attached hydrogens (tertiary/aromatic N) is 1. The van der Waals surface area contributed by atoms with Gasteiger partial charge in [-0.2, -0.15) is 0 Å². The lowest BCUT2D eigenvalue weighted by molar-refractivity contribution is -0.274. The van der Waals surface area contributed by atoms with Crippen LogP contribution in [0.5, 0.6) is 11.5 Å². The zero-order chi connectivity index (χ0) is 23.1. The molecule has 8 heteroatoms. The van der Waals surface area contributed by atoms with Crippen LogP contribution in [0.3, 0.4) is 0 Å². The summed E-state index contributed by atoms with van der Waals surface area (Å²) in [6, 6.07) is 12.2. The number of unbranched alkanes of at least 4 members (excludes halogenated alkanes) is 1. The Bertz CT molecular complexity index is 1120. The molecule has 0 spiro atoms. The maximum Gasteiger partial charge on any atom is 0.573 e. The first-order valence-corrected chi connectivity index (χ1v) is 10.1. The smallest absolute Gasteiger partial charge is 0.494 e. The van der Waals surface area contributed by atoms with Crippen molar-refractivity contribution in [2.24, 2.45) is 0 Å². The molecule has 5 nitrogen and oxygen atoms in total. The first-order chi connectivity index (χ1) is 15.3. The van der Waals surface area contributed by atoms with Crippen molar-refractivity contribution in [1.29, 1.82) is 0 Å². The fraction of sp³-hybridized carbons (Fsp3) is 0.292. The van der Waals surface area contributed by atoms with Gasteiger partial charge in [-0.05, 0) is 61.4 Å². The molecular formula is C24H22F3NO4. The molecule has 0 radical (unpaired) electrons. The topological polar surface area (TPSA) is 60.7 Å². The van der Waals surface area contributed by atoms with Gasteiger partial charge in [-0.25, -0.2) is 4.79 Å². The van der Waals surface area contributed by atoms with Gasteiger partial charge in [0.25, 0.3) is 0 Å². The van der Waals surface area contributed by atoms with E-state index in [-0.39, 0.29) is 5.75 Å². The number of carbonyl (C=O) groups is 1. The third-order valence-corrected chi connectivity index (χ3v) is 4.73. The molecule has 2 aromatic carbocycles. The highest BCUT2D eigenvalue weighted by atomic mass is 19.4.